The number of piperidine rings is 1. The molecule has 0 bridgehead atoms. The Bertz CT molecular complexity index is 487. The van der Waals surface area contributed by atoms with Crippen molar-refractivity contribution >= 4 is 5.78 Å². The average molecular weight is 275 g/mol. The fourth-order valence-corrected chi connectivity index (χ4v) is 3.36. The normalized spacial score (nSPS) is 24.1. The number of rotatable bonds is 3. The van der Waals surface area contributed by atoms with E-state index in [2.05, 4.69) is 24.3 Å². The van der Waals surface area contributed by atoms with Gasteiger partial charge in [0.2, 0.25) is 0 Å². The summed E-state index contributed by atoms with van der Waals surface area (Å²) in [7, 11) is 0. The summed E-state index contributed by atoms with van der Waals surface area (Å²) in [4.78, 5) is 12.4. The first kappa shape index (κ1) is 13.8. The van der Waals surface area contributed by atoms with Crippen molar-refractivity contribution in [2.45, 2.75) is 46.0 Å². The molecule has 0 N–H and O–H groups in total. The molecule has 4 nitrogen and oxygen atoms in total. The maximum absolute atomic E-state index is 12.4. The minimum Gasteiger partial charge on any atom is -0.662 e. The molecule has 0 radical (unpaired) electrons. The van der Waals surface area contributed by atoms with Gasteiger partial charge in [-0.15, -0.1) is 13.1 Å². The van der Waals surface area contributed by atoms with E-state index >= 15 is 0 Å². The Morgan fingerprint density at radius 3 is 2.75 bits per heavy atom. The first-order valence-corrected chi connectivity index (χ1v) is 7.79. The number of ketones is 1. The van der Waals surface area contributed by atoms with Crippen LogP contribution in [0.4, 0.5) is 0 Å². The van der Waals surface area contributed by atoms with E-state index in [0.717, 1.165) is 55.8 Å². The second kappa shape index (κ2) is 5.68. The Morgan fingerprint density at radius 1 is 1.30 bits per heavy atom. The molecule has 1 atom stereocenters. The quantitative estimate of drug-likeness (QED) is 0.849. The number of carbonyl (C=O) groups is 1. The molecule has 0 aromatic carbocycles. The van der Waals surface area contributed by atoms with Crippen LogP contribution in [0.3, 0.4) is 0 Å². The Morgan fingerprint density at radius 2 is 2.05 bits per heavy atom. The van der Waals surface area contributed by atoms with Gasteiger partial charge in [0.25, 0.3) is 0 Å². The van der Waals surface area contributed by atoms with Crippen LogP contribution in [0.15, 0.2) is 4.52 Å². The van der Waals surface area contributed by atoms with Crippen molar-refractivity contribution in [1.29, 1.82) is 0 Å². The predicted molar refractivity (Wildman–Crippen MR) is 77.0 cm³/mol. The monoisotopic (exact) mass is 275 g/mol. The summed E-state index contributed by atoms with van der Waals surface area (Å²) in [6.45, 7) is 6.25. The van der Waals surface area contributed by atoms with Crippen molar-refractivity contribution in [3.63, 3.8) is 0 Å². The highest BCUT2D eigenvalue weighted by atomic mass is 16.5. The van der Waals surface area contributed by atoms with E-state index in [4.69, 9.17) is 4.52 Å². The van der Waals surface area contributed by atoms with Gasteiger partial charge in [-0.05, 0) is 24.2 Å². The second-order valence-corrected chi connectivity index (χ2v) is 6.58. The minimum absolute atomic E-state index is 0.238. The molecule has 3 rings (SSSR count). The Hall–Kier alpha value is -1.16. The van der Waals surface area contributed by atoms with Crippen molar-refractivity contribution in [3.8, 4) is 0 Å². The van der Waals surface area contributed by atoms with Crippen molar-refractivity contribution < 1.29 is 9.32 Å². The van der Waals surface area contributed by atoms with E-state index in [1.165, 1.54) is 0 Å². The zero-order valence-electron chi connectivity index (χ0n) is 12.4. The van der Waals surface area contributed by atoms with Gasteiger partial charge in [-0.25, -0.2) is 0 Å². The van der Waals surface area contributed by atoms with E-state index < -0.39 is 0 Å². The molecular weight excluding hydrogens is 252 g/mol. The molecule has 2 aliphatic rings. The fourth-order valence-electron chi connectivity index (χ4n) is 3.36. The third-order valence-corrected chi connectivity index (χ3v) is 4.82. The van der Waals surface area contributed by atoms with Crippen LogP contribution in [-0.4, -0.2) is 24.0 Å². The van der Waals surface area contributed by atoms with Gasteiger partial charge in [-0.3, -0.25) is 4.79 Å². The molecule has 0 saturated carbocycles. The van der Waals surface area contributed by atoms with Crippen molar-refractivity contribution in [3.05, 3.63) is 22.3 Å². The lowest BCUT2D eigenvalue weighted by molar-refractivity contribution is 0.0931. The summed E-state index contributed by atoms with van der Waals surface area (Å²) in [5.41, 5.74) is 1.71. The zero-order valence-corrected chi connectivity index (χ0v) is 12.4. The van der Waals surface area contributed by atoms with Gasteiger partial charge >= 0.3 is 0 Å². The summed E-state index contributed by atoms with van der Waals surface area (Å²) in [6, 6.07) is 0. The second-order valence-electron chi connectivity index (χ2n) is 6.58. The number of carbonyl (C=O) groups excluding carboxylic acids is 1. The Kier molecular flexibility index (Phi) is 3.92. The van der Waals surface area contributed by atoms with Crippen molar-refractivity contribution in [2.24, 2.45) is 17.8 Å². The zero-order chi connectivity index (χ0) is 14.1. The number of hydrogen-bond donors (Lipinski definition) is 0. The van der Waals surface area contributed by atoms with E-state index in [0.29, 0.717) is 24.2 Å². The Labute approximate surface area is 120 Å². The largest absolute Gasteiger partial charge is 0.662 e. The highest BCUT2D eigenvalue weighted by Gasteiger charge is 2.33. The smallest absolute Gasteiger partial charge is 0.168 e. The van der Waals surface area contributed by atoms with Crippen molar-refractivity contribution in [1.82, 2.24) is 5.16 Å². The van der Waals surface area contributed by atoms with E-state index in [1.54, 1.807) is 0 Å². The van der Waals surface area contributed by atoms with Crippen LogP contribution in [-0.2, 0) is 12.8 Å². The fraction of sp³-hybridized carbons (Fsp3) is 0.750. The molecule has 20 heavy (non-hydrogen) atoms. The van der Waals surface area contributed by atoms with Crippen LogP contribution >= 0.6 is 0 Å². The number of hydrogen-bond acceptors (Lipinski definition) is 3. The molecule has 2 heterocycles. The SMILES string of the molecule is CC(C)C1CC(=O)c2c(noc2CC2CC[N-]CC2)C1. The predicted octanol–water partition coefficient (Wildman–Crippen LogP) is 3.40. The standard InChI is InChI=1S/C16H23N2O2/c1-10(2)12-8-13-16(14(19)9-12)15(20-18-13)7-11-3-5-17-6-4-11/h10-12H,3-9H2,1-2H3/q-1. The van der Waals surface area contributed by atoms with Gasteiger partial charge in [0, 0.05) is 12.8 Å². The molecule has 1 saturated heterocycles. The molecule has 0 spiro atoms. The molecule has 110 valence electrons. The third kappa shape index (κ3) is 2.66. The third-order valence-electron chi connectivity index (χ3n) is 4.82. The minimum atomic E-state index is 0.238. The summed E-state index contributed by atoms with van der Waals surface area (Å²) < 4.78 is 5.52. The van der Waals surface area contributed by atoms with Crippen LogP contribution in [0.1, 0.15) is 54.9 Å². The van der Waals surface area contributed by atoms with Gasteiger partial charge < -0.3 is 9.84 Å². The molecular formula is C16H23N2O2-. The van der Waals surface area contributed by atoms with Gasteiger partial charge in [0.05, 0.1) is 11.3 Å². The maximum Gasteiger partial charge on any atom is 0.168 e. The number of aromatic nitrogens is 1. The highest BCUT2D eigenvalue weighted by Crippen LogP contribution is 2.33. The van der Waals surface area contributed by atoms with Crippen molar-refractivity contribution in [2.75, 3.05) is 13.1 Å². The highest BCUT2D eigenvalue weighted by molar-refractivity contribution is 5.99. The van der Waals surface area contributed by atoms with Crippen LogP contribution in [0.2, 0.25) is 0 Å². The van der Waals surface area contributed by atoms with E-state index in [1.807, 2.05) is 0 Å². The summed E-state index contributed by atoms with van der Waals surface area (Å²) in [5.74, 6) is 2.61. The van der Waals surface area contributed by atoms with Crippen LogP contribution in [0, 0.1) is 17.8 Å². The van der Waals surface area contributed by atoms with Gasteiger partial charge in [-0.1, -0.05) is 31.8 Å². The summed E-state index contributed by atoms with van der Waals surface area (Å²) in [5, 5.41) is 8.56. The molecule has 1 aliphatic heterocycles. The van der Waals surface area contributed by atoms with Crippen LogP contribution in [0.5, 0.6) is 0 Å². The lowest BCUT2D eigenvalue weighted by Gasteiger charge is -2.31. The molecule has 1 aromatic heterocycles. The summed E-state index contributed by atoms with van der Waals surface area (Å²) >= 11 is 0. The average Bonchev–Trinajstić information content (AvgIpc) is 2.83. The maximum atomic E-state index is 12.4. The van der Waals surface area contributed by atoms with Gasteiger partial charge in [-0.2, -0.15) is 0 Å². The summed E-state index contributed by atoms with van der Waals surface area (Å²) in [6.07, 6.45) is 4.62. The Balaban J connectivity index is 1.77. The molecule has 1 aliphatic carbocycles. The van der Waals surface area contributed by atoms with E-state index in [-0.39, 0.29) is 5.78 Å². The van der Waals surface area contributed by atoms with Gasteiger partial charge in [0.1, 0.15) is 5.76 Å². The van der Waals surface area contributed by atoms with E-state index in [9.17, 15) is 4.79 Å². The first-order valence-electron chi connectivity index (χ1n) is 7.79. The lowest BCUT2D eigenvalue weighted by atomic mass is 9.79. The number of fused-ring (bicyclic) bond motifs is 1. The number of nitrogens with zero attached hydrogens (tertiary/aromatic N) is 2. The van der Waals surface area contributed by atoms with Gasteiger partial charge in [0.15, 0.2) is 5.78 Å². The molecule has 1 fully saturated rings. The molecule has 4 heteroatoms. The first-order chi connectivity index (χ1) is 9.65. The lowest BCUT2D eigenvalue weighted by Crippen LogP contribution is -2.24. The number of Topliss-reactive ketones (excluding diaryl/α,β-unsaturated/α-hetero) is 1. The van der Waals surface area contributed by atoms with Crippen LogP contribution < -0.4 is 0 Å². The molecule has 1 unspecified atom stereocenters. The molecule has 1 aromatic rings. The van der Waals surface area contributed by atoms with Crippen LogP contribution in [0.25, 0.3) is 5.32 Å². The molecule has 0 amide bonds. The topological polar surface area (TPSA) is 57.2 Å².